The van der Waals surface area contributed by atoms with Gasteiger partial charge in [-0.2, -0.15) is 0 Å². The second-order valence-electron chi connectivity index (χ2n) is 3.86. The van der Waals surface area contributed by atoms with Crippen molar-refractivity contribution in [3.05, 3.63) is 0 Å². The smallest absolute Gasteiger partial charge is 0.113 e. The maximum Gasteiger partial charge on any atom is 0.113 e. The Balaban J connectivity index is 3.34. The Morgan fingerprint density at radius 2 is 2.23 bits per heavy atom. The van der Waals surface area contributed by atoms with E-state index in [4.69, 9.17) is 5.73 Å². The van der Waals surface area contributed by atoms with Crippen molar-refractivity contribution in [2.75, 3.05) is 12.8 Å². The highest BCUT2D eigenvalue weighted by Crippen LogP contribution is 2.25. The molecule has 0 saturated carbocycles. The van der Waals surface area contributed by atoms with Crippen molar-refractivity contribution in [2.45, 2.75) is 31.6 Å². The number of amidine groups is 1. The lowest BCUT2D eigenvalue weighted by Gasteiger charge is -2.33. The van der Waals surface area contributed by atoms with Crippen LogP contribution in [0.15, 0.2) is 9.36 Å². The van der Waals surface area contributed by atoms with E-state index in [1.54, 1.807) is 7.05 Å². The SMILES string of the molecule is CN=S1(=O)CC(C)N=C(N)C1(C)C. The molecule has 0 amide bonds. The molecular weight excluding hydrogens is 186 g/mol. The summed E-state index contributed by atoms with van der Waals surface area (Å²) in [5.41, 5.74) is 5.76. The summed E-state index contributed by atoms with van der Waals surface area (Å²) in [5, 5.41) is 0. The monoisotopic (exact) mass is 203 g/mol. The van der Waals surface area contributed by atoms with Crippen LogP contribution in [0.3, 0.4) is 0 Å². The first-order chi connectivity index (χ1) is 5.83. The third-order valence-electron chi connectivity index (χ3n) is 2.54. The first kappa shape index (κ1) is 10.5. The Morgan fingerprint density at radius 3 is 2.69 bits per heavy atom. The van der Waals surface area contributed by atoms with Crippen LogP contribution in [0.4, 0.5) is 0 Å². The highest BCUT2D eigenvalue weighted by molar-refractivity contribution is 7.95. The molecule has 2 unspecified atom stereocenters. The van der Waals surface area contributed by atoms with E-state index >= 15 is 0 Å². The lowest BCUT2D eigenvalue weighted by Crippen LogP contribution is -2.51. The van der Waals surface area contributed by atoms with E-state index in [1.807, 2.05) is 20.8 Å². The molecule has 0 aromatic rings. The third-order valence-corrected chi connectivity index (χ3v) is 5.86. The predicted octanol–water partition coefficient (Wildman–Crippen LogP) is 0.622. The molecule has 76 valence electrons. The van der Waals surface area contributed by atoms with Crippen molar-refractivity contribution < 1.29 is 4.21 Å². The molecule has 0 bridgehead atoms. The van der Waals surface area contributed by atoms with Gasteiger partial charge in [0, 0.05) is 7.05 Å². The van der Waals surface area contributed by atoms with E-state index in [2.05, 4.69) is 9.36 Å². The number of nitrogens with two attached hydrogens (primary N) is 1. The summed E-state index contributed by atoms with van der Waals surface area (Å²) in [6.07, 6.45) is 0. The van der Waals surface area contributed by atoms with Crippen LogP contribution in [0.25, 0.3) is 0 Å². The van der Waals surface area contributed by atoms with Gasteiger partial charge < -0.3 is 5.73 Å². The number of hydrogen-bond acceptors (Lipinski definition) is 4. The van der Waals surface area contributed by atoms with E-state index < -0.39 is 14.5 Å². The van der Waals surface area contributed by atoms with Gasteiger partial charge in [-0.15, -0.1) is 0 Å². The summed E-state index contributed by atoms with van der Waals surface area (Å²) < 4.78 is 15.7. The molecular formula is C8H17N3OS. The molecule has 1 rings (SSSR count). The van der Waals surface area contributed by atoms with Crippen LogP contribution in [0.2, 0.25) is 0 Å². The quantitative estimate of drug-likeness (QED) is 0.627. The summed E-state index contributed by atoms with van der Waals surface area (Å²) in [5.74, 6) is 0.971. The fraction of sp³-hybridized carbons (Fsp3) is 0.875. The summed E-state index contributed by atoms with van der Waals surface area (Å²) in [7, 11) is -0.643. The second-order valence-corrected chi connectivity index (χ2v) is 6.86. The molecule has 2 atom stereocenters. The van der Waals surface area contributed by atoms with Gasteiger partial charge in [-0.1, -0.05) is 0 Å². The van der Waals surface area contributed by atoms with Gasteiger partial charge in [0.1, 0.15) is 10.6 Å². The van der Waals surface area contributed by atoms with Gasteiger partial charge in [0.25, 0.3) is 0 Å². The van der Waals surface area contributed by atoms with Crippen LogP contribution >= 0.6 is 0 Å². The summed E-state index contributed by atoms with van der Waals surface area (Å²) in [6.45, 7) is 5.59. The minimum Gasteiger partial charge on any atom is -0.386 e. The topological polar surface area (TPSA) is 67.8 Å². The molecule has 1 heterocycles. The lowest BCUT2D eigenvalue weighted by molar-refractivity contribution is 0.641. The first-order valence-electron chi connectivity index (χ1n) is 4.30. The maximum atomic E-state index is 12.3. The van der Waals surface area contributed by atoms with Gasteiger partial charge in [0.2, 0.25) is 0 Å². The highest BCUT2D eigenvalue weighted by atomic mass is 32.2. The lowest BCUT2D eigenvalue weighted by atomic mass is 10.2. The van der Waals surface area contributed by atoms with Crippen LogP contribution in [0.1, 0.15) is 20.8 Å². The van der Waals surface area contributed by atoms with E-state index in [-0.39, 0.29) is 6.04 Å². The largest absolute Gasteiger partial charge is 0.386 e. The molecule has 0 saturated heterocycles. The molecule has 1 aliphatic rings. The Hall–Kier alpha value is -0.580. The molecule has 4 nitrogen and oxygen atoms in total. The summed E-state index contributed by atoms with van der Waals surface area (Å²) in [4.78, 5) is 4.23. The van der Waals surface area contributed by atoms with E-state index in [1.165, 1.54) is 0 Å². The van der Waals surface area contributed by atoms with Crippen molar-refractivity contribution in [1.82, 2.24) is 0 Å². The number of hydrogen-bond donors (Lipinski definition) is 1. The predicted molar refractivity (Wildman–Crippen MR) is 56.5 cm³/mol. The molecule has 1 aliphatic heterocycles. The standard InChI is InChI=1S/C8H17N3OS/c1-6-5-13(12,10-4)8(2,3)7(9)11-6/h6H,5H2,1-4H3,(H2,9,11). The zero-order valence-corrected chi connectivity index (χ0v) is 9.39. The number of nitrogens with zero attached hydrogens (tertiary/aromatic N) is 2. The van der Waals surface area contributed by atoms with Crippen molar-refractivity contribution in [3.8, 4) is 0 Å². The fourth-order valence-corrected chi connectivity index (χ4v) is 3.56. The van der Waals surface area contributed by atoms with Gasteiger partial charge in [0.05, 0.1) is 21.5 Å². The van der Waals surface area contributed by atoms with Crippen molar-refractivity contribution in [3.63, 3.8) is 0 Å². The Labute approximate surface area is 79.8 Å². The molecule has 0 aromatic heterocycles. The fourth-order valence-electron chi connectivity index (χ4n) is 1.43. The first-order valence-corrected chi connectivity index (χ1v) is 5.98. The molecule has 0 radical (unpaired) electrons. The Kier molecular flexibility index (Phi) is 2.40. The zero-order valence-electron chi connectivity index (χ0n) is 8.57. The second kappa shape index (κ2) is 2.97. The van der Waals surface area contributed by atoms with Gasteiger partial charge in [0.15, 0.2) is 0 Å². The van der Waals surface area contributed by atoms with Gasteiger partial charge in [-0.05, 0) is 20.8 Å². The van der Waals surface area contributed by atoms with Crippen LogP contribution in [0.5, 0.6) is 0 Å². The minimum absolute atomic E-state index is 0.0178. The average Bonchev–Trinajstić information content (AvgIpc) is 2.01. The molecule has 2 N–H and O–H groups in total. The highest BCUT2D eigenvalue weighted by Gasteiger charge is 2.40. The molecule has 0 spiro atoms. The normalized spacial score (nSPS) is 38.2. The van der Waals surface area contributed by atoms with Crippen LogP contribution in [-0.2, 0) is 9.73 Å². The molecule has 0 aliphatic carbocycles. The van der Waals surface area contributed by atoms with Gasteiger partial charge in [-0.25, -0.2) is 8.57 Å². The number of rotatable bonds is 0. The van der Waals surface area contributed by atoms with Crippen LogP contribution in [-0.4, -0.2) is 33.6 Å². The van der Waals surface area contributed by atoms with E-state index in [9.17, 15) is 4.21 Å². The maximum absolute atomic E-state index is 12.3. The van der Waals surface area contributed by atoms with Crippen LogP contribution in [0, 0.1) is 0 Å². The third kappa shape index (κ3) is 1.45. The van der Waals surface area contributed by atoms with Gasteiger partial charge in [-0.3, -0.25) is 4.99 Å². The summed E-state index contributed by atoms with van der Waals surface area (Å²) in [6, 6.07) is 0.0178. The van der Waals surface area contributed by atoms with Gasteiger partial charge >= 0.3 is 0 Å². The van der Waals surface area contributed by atoms with Crippen molar-refractivity contribution in [1.29, 1.82) is 0 Å². The minimum atomic E-state index is -2.24. The Morgan fingerprint density at radius 1 is 1.69 bits per heavy atom. The zero-order chi connectivity index (χ0) is 10.3. The van der Waals surface area contributed by atoms with Crippen LogP contribution < -0.4 is 5.73 Å². The molecule has 0 aromatic carbocycles. The molecule has 13 heavy (non-hydrogen) atoms. The summed E-state index contributed by atoms with van der Waals surface area (Å²) >= 11 is 0. The van der Waals surface area contributed by atoms with E-state index in [0.29, 0.717) is 11.6 Å². The van der Waals surface area contributed by atoms with Crippen molar-refractivity contribution >= 4 is 15.6 Å². The molecule has 0 fully saturated rings. The average molecular weight is 203 g/mol. The molecule has 5 heteroatoms. The number of aliphatic imine (C=N–C) groups is 1. The Bertz CT molecular complexity index is 350. The van der Waals surface area contributed by atoms with Crippen molar-refractivity contribution in [2.24, 2.45) is 15.1 Å². The van der Waals surface area contributed by atoms with E-state index in [0.717, 1.165) is 0 Å².